The van der Waals surface area contributed by atoms with Crippen LogP contribution in [0.15, 0.2) is 24.3 Å². The molecule has 4 heteroatoms. The molecule has 1 aliphatic heterocycles. The van der Waals surface area contributed by atoms with Crippen molar-refractivity contribution in [2.75, 3.05) is 36.4 Å². The maximum absolute atomic E-state index is 12.1. The molecule has 0 spiro atoms. The predicted molar refractivity (Wildman–Crippen MR) is 84.4 cm³/mol. The number of hydrogen-bond acceptors (Lipinski definition) is 2. The fourth-order valence-corrected chi connectivity index (χ4v) is 2.64. The number of anilines is 2. The fraction of sp³-hybridized carbons (Fsp3) is 0.562. The number of benzene rings is 1. The minimum atomic E-state index is 0.0280. The van der Waals surface area contributed by atoms with Crippen LogP contribution >= 0.6 is 0 Å². The highest BCUT2D eigenvalue weighted by molar-refractivity contribution is 5.89. The van der Waals surface area contributed by atoms with Gasteiger partial charge in [-0.15, -0.1) is 0 Å². The summed E-state index contributed by atoms with van der Waals surface area (Å²) < 4.78 is 0. The normalized spacial score (nSPS) is 15.0. The Labute approximate surface area is 121 Å². The maximum atomic E-state index is 12.1. The largest absolute Gasteiger partial charge is 0.372 e. The van der Waals surface area contributed by atoms with Gasteiger partial charge in [-0.05, 0) is 57.4 Å². The molecule has 4 nitrogen and oxygen atoms in total. The number of nitrogens with one attached hydrogen (secondary N) is 1. The number of nitrogens with zero attached hydrogens (tertiary/aromatic N) is 2. The number of hydrogen-bond donors (Lipinski definition) is 1. The fourth-order valence-electron chi connectivity index (χ4n) is 2.64. The van der Waals surface area contributed by atoms with Crippen LogP contribution < -0.4 is 10.2 Å². The Morgan fingerprint density at radius 2 is 1.70 bits per heavy atom. The first-order valence-corrected chi connectivity index (χ1v) is 7.65. The van der Waals surface area contributed by atoms with Crippen LogP contribution in [0.25, 0.3) is 0 Å². The minimum absolute atomic E-state index is 0.0280. The third kappa shape index (κ3) is 3.65. The molecule has 1 aromatic carbocycles. The molecule has 1 fully saturated rings. The second kappa shape index (κ2) is 7.17. The summed E-state index contributed by atoms with van der Waals surface area (Å²) in [5, 5.41) is 2.98. The van der Waals surface area contributed by atoms with Gasteiger partial charge < -0.3 is 15.1 Å². The lowest BCUT2D eigenvalue weighted by molar-refractivity contribution is 0.200. The highest BCUT2D eigenvalue weighted by Crippen LogP contribution is 2.18. The minimum Gasteiger partial charge on any atom is -0.372 e. The van der Waals surface area contributed by atoms with E-state index in [0.29, 0.717) is 0 Å². The topological polar surface area (TPSA) is 35.6 Å². The van der Waals surface area contributed by atoms with E-state index in [2.05, 4.69) is 36.2 Å². The highest BCUT2D eigenvalue weighted by Gasteiger charge is 2.16. The Morgan fingerprint density at radius 1 is 1.10 bits per heavy atom. The summed E-state index contributed by atoms with van der Waals surface area (Å²) in [5.41, 5.74) is 2.07. The van der Waals surface area contributed by atoms with E-state index in [4.69, 9.17) is 0 Å². The van der Waals surface area contributed by atoms with Crippen LogP contribution in [-0.2, 0) is 0 Å². The first-order valence-electron chi connectivity index (χ1n) is 7.65. The molecule has 110 valence electrons. The van der Waals surface area contributed by atoms with E-state index >= 15 is 0 Å². The number of amides is 2. The summed E-state index contributed by atoms with van der Waals surface area (Å²) in [5.74, 6) is 0. The molecule has 1 saturated heterocycles. The zero-order valence-corrected chi connectivity index (χ0v) is 12.6. The van der Waals surface area contributed by atoms with Gasteiger partial charge in [0.15, 0.2) is 0 Å². The molecule has 0 saturated carbocycles. The van der Waals surface area contributed by atoms with Crippen molar-refractivity contribution < 1.29 is 4.79 Å². The Kier molecular flexibility index (Phi) is 5.27. The zero-order chi connectivity index (χ0) is 14.4. The molecule has 1 aromatic rings. The van der Waals surface area contributed by atoms with Gasteiger partial charge in [-0.3, -0.25) is 0 Å². The van der Waals surface area contributed by atoms with E-state index in [1.807, 2.05) is 17.0 Å². The van der Waals surface area contributed by atoms with Crippen molar-refractivity contribution in [1.82, 2.24) is 4.90 Å². The first-order chi connectivity index (χ1) is 9.74. The van der Waals surface area contributed by atoms with Crippen molar-refractivity contribution in [3.05, 3.63) is 24.3 Å². The molecule has 0 bridgehead atoms. The zero-order valence-electron chi connectivity index (χ0n) is 12.6. The van der Waals surface area contributed by atoms with Crippen molar-refractivity contribution in [3.8, 4) is 0 Å². The average molecular weight is 275 g/mol. The van der Waals surface area contributed by atoms with E-state index < -0.39 is 0 Å². The maximum Gasteiger partial charge on any atom is 0.321 e. The van der Waals surface area contributed by atoms with E-state index in [9.17, 15) is 4.79 Å². The lowest BCUT2D eigenvalue weighted by Gasteiger charge is -2.27. The molecule has 0 aromatic heterocycles. The lowest BCUT2D eigenvalue weighted by Crippen LogP contribution is -2.38. The van der Waals surface area contributed by atoms with E-state index in [1.54, 1.807) is 0 Å². The summed E-state index contributed by atoms with van der Waals surface area (Å²) in [6, 6.07) is 8.13. The predicted octanol–water partition coefficient (Wildman–Crippen LogP) is 3.55. The van der Waals surface area contributed by atoms with Crippen molar-refractivity contribution in [2.45, 2.75) is 33.1 Å². The van der Waals surface area contributed by atoms with Gasteiger partial charge in [-0.25, -0.2) is 4.79 Å². The number of piperidine rings is 1. The van der Waals surface area contributed by atoms with Crippen molar-refractivity contribution >= 4 is 17.4 Å². The van der Waals surface area contributed by atoms with E-state index in [1.165, 1.54) is 12.1 Å². The van der Waals surface area contributed by atoms with Crippen LogP contribution in [-0.4, -0.2) is 37.1 Å². The van der Waals surface area contributed by atoms with Crippen LogP contribution in [0.1, 0.15) is 33.1 Å². The van der Waals surface area contributed by atoms with Gasteiger partial charge >= 0.3 is 6.03 Å². The summed E-state index contributed by atoms with van der Waals surface area (Å²) >= 11 is 0. The lowest BCUT2D eigenvalue weighted by atomic mass is 10.1. The van der Waals surface area contributed by atoms with Gasteiger partial charge in [-0.2, -0.15) is 0 Å². The van der Waals surface area contributed by atoms with Gasteiger partial charge in [0.1, 0.15) is 0 Å². The average Bonchev–Trinajstić information content (AvgIpc) is 2.51. The van der Waals surface area contributed by atoms with Crippen LogP contribution in [0.3, 0.4) is 0 Å². The third-order valence-corrected chi connectivity index (χ3v) is 3.89. The number of carbonyl (C=O) groups excluding carboxylic acids is 1. The summed E-state index contributed by atoms with van der Waals surface area (Å²) in [6.07, 6.45) is 3.48. The number of likely N-dealkylation sites (tertiary alicyclic amines) is 1. The smallest absolute Gasteiger partial charge is 0.321 e. The van der Waals surface area contributed by atoms with Crippen molar-refractivity contribution in [2.24, 2.45) is 0 Å². The highest BCUT2D eigenvalue weighted by atomic mass is 16.2. The van der Waals surface area contributed by atoms with Crippen LogP contribution in [0, 0.1) is 0 Å². The molecule has 0 radical (unpaired) electrons. The summed E-state index contributed by atoms with van der Waals surface area (Å²) in [6.45, 7) is 8.05. The molecule has 0 unspecified atom stereocenters. The van der Waals surface area contributed by atoms with Gasteiger partial charge in [0, 0.05) is 37.6 Å². The van der Waals surface area contributed by atoms with Gasteiger partial charge in [0.25, 0.3) is 0 Å². The number of urea groups is 1. The number of rotatable bonds is 4. The van der Waals surface area contributed by atoms with Gasteiger partial charge in [0.2, 0.25) is 0 Å². The van der Waals surface area contributed by atoms with Gasteiger partial charge in [-0.1, -0.05) is 0 Å². The Morgan fingerprint density at radius 3 is 2.25 bits per heavy atom. The molecule has 20 heavy (non-hydrogen) atoms. The van der Waals surface area contributed by atoms with Crippen molar-refractivity contribution in [3.63, 3.8) is 0 Å². The molecule has 0 atom stereocenters. The second-order valence-electron chi connectivity index (χ2n) is 5.20. The quantitative estimate of drug-likeness (QED) is 0.912. The molecule has 1 aliphatic rings. The Hall–Kier alpha value is -1.71. The molecule has 2 amide bonds. The molecule has 1 heterocycles. The van der Waals surface area contributed by atoms with Crippen molar-refractivity contribution in [1.29, 1.82) is 0 Å². The molecular formula is C16H25N3O. The van der Waals surface area contributed by atoms with E-state index in [0.717, 1.165) is 44.7 Å². The summed E-state index contributed by atoms with van der Waals surface area (Å²) in [7, 11) is 0. The molecule has 1 N–H and O–H groups in total. The molecular weight excluding hydrogens is 250 g/mol. The summed E-state index contributed by atoms with van der Waals surface area (Å²) in [4.78, 5) is 16.3. The van der Waals surface area contributed by atoms with Crippen LogP contribution in [0.4, 0.5) is 16.2 Å². The second-order valence-corrected chi connectivity index (χ2v) is 5.20. The SMILES string of the molecule is CCN(CC)c1ccc(NC(=O)N2CCCCC2)cc1. The van der Waals surface area contributed by atoms with E-state index in [-0.39, 0.29) is 6.03 Å². The standard InChI is InChI=1S/C16H25N3O/c1-3-18(4-2)15-10-8-14(9-11-15)17-16(20)19-12-6-5-7-13-19/h8-11H,3-7,12-13H2,1-2H3,(H,17,20). The van der Waals surface area contributed by atoms with Gasteiger partial charge in [0.05, 0.1) is 0 Å². The Balaban J connectivity index is 1.94. The monoisotopic (exact) mass is 275 g/mol. The first kappa shape index (κ1) is 14.7. The molecule has 0 aliphatic carbocycles. The number of carbonyl (C=O) groups is 1. The molecule has 2 rings (SSSR count). The Bertz CT molecular complexity index is 420. The van der Waals surface area contributed by atoms with Crippen LogP contribution in [0.5, 0.6) is 0 Å². The van der Waals surface area contributed by atoms with Crippen LogP contribution in [0.2, 0.25) is 0 Å². The third-order valence-electron chi connectivity index (χ3n) is 3.89.